The van der Waals surface area contributed by atoms with E-state index in [1.807, 2.05) is 6.08 Å². The Bertz CT molecular complexity index is 1240. The second-order valence-corrected chi connectivity index (χ2v) is 14.4. The molecule has 0 aromatic heterocycles. The van der Waals surface area contributed by atoms with Crippen molar-refractivity contribution in [3.05, 3.63) is 97.2 Å². The molecule has 0 amide bonds. The Morgan fingerprint density at radius 3 is 1.49 bits per heavy atom. The summed E-state index contributed by atoms with van der Waals surface area (Å²) in [5, 5.41) is 8.88. The third-order valence-electron chi connectivity index (χ3n) is 7.86. The third kappa shape index (κ3) is 38.9. The average molecular weight is 790 g/mol. The number of aliphatic carboxylic acids is 1. The summed E-state index contributed by atoms with van der Waals surface area (Å²) in [6.07, 6.45) is 50.4. The Labute approximate surface area is 332 Å². The normalized spacial score (nSPS) is 15.0. The Balaban J connectivity index is 4.43. The Hall–Kier alpha value is -3.11. The zero-order chi connectivity index (χ0) is 40.5. The van der Waals surface area contributed by atoms with Crippen LogP contribution in [-0.2, 0) is 32.7 Å². The summed E-state index contributed by atoms with van der Waals surface area (Å²) in [5.74, 6) is -1.86. The van der Waals surface area contributed by atoms with E-state index in [2.05, 4.69) is 110 Å². The first kappa shape index (κ1) is 51.9. The van der Waals surface area contributed by atoms with Gasteiger partial charge in [-0.05, 0) is 83.5 Å². The molecule has 3 unspecified atom stereocenters. The van der Waals surface area contributed by atoms with Crippen molar-refractivity contribution in [1.29, 1.82) is 0 Å². The maximum absolute atomic E-state index is 12.6. The Morgan fingerprint density at radius 2 is 1.00 bits per heavy atom. The van der Waals surface area contributed by atoms with Crippen LogP contribution in [0.15, 0.2) is 97.2 Å². The van der Waals surface area contributed by atoms with Crippen molar-refractivity contribution in [2.45, 2.75) is 142 Å². The molecule has 0 aliphatic rings. The van der Waals surface area contributed by atoms with Gasteiger partial charge in [0.15, 0.2) is 0 Å². The number of carbonyl (C=O) groups is 2. The van der Waals surface area contributed by atoms with Crippen LogP contribution in [0.2, 0.25) is 0 Å². The monoisotopic (exact) mass is 789 g/mol. The maximum atomic E-state index is 12.6. The molecule has 4 N–H and O–H groups in total. The number of phosphoric ester groups is 1. The van der Waals surface area contributed by atoms with E-state index in [0.717, 1.165) is 83.5 Å². The Morgan fingerprint density at radius 1 is 0.582 bits per heavy atom. The van der Waals surface area contributed by atoms with Crippen LogP contribution < -0.4 is 5.73 Å². The van der Waals surface area contributed by atoms with E-state index in [4.69, 9.17) is 24.8 Å². The van der Waals surface area contributed by atoms with E-state index in [1.165, 1.54) is 12.8 Å². The molecule has 0 spiro atoms. The number of ether oxygens (including phenoxy) is 2. The van der Waals surface area contributed by atoms with Crippen molar-refractivity contribution >= 4 is 19.8 Å². The summed E-state index contributed by atoms with van der Waals surface area (Å²) in [6.45, 7) is 3.52. The first-order valence-corrected chi connectivity index (χ1v) is 21.8. The average Bonchev–Trinajstić information content (AvgIpc) is 3.16. The number of carboxylic acids is 1. The van der Waals surface area contributed by atoms with Gasteiger partial charge >= 0.3 is 19.8 Å². The lowest BCUT2D eigenvalue weighted by molar-refractivity contribution is -0.154. The van der Waals surface area contributed by atoms with Crippen molar-refractivity contribution in [3.8, 4) is 0 Å². The number of allylic oxidation sites excluding steroid dienone is 16. The van der Waals surface area contributed by atoms with Gasteiger partial charge in [-0.25, -0.2) is 4.57 Å². The fraction of sp³-hybridized carbons (Fsp3) is 0.591. The maximum Gasteiger partial charge on any atom is 0.472 e. The molecule has 0 aliphatic heterocycles. The van der Waals surface area contributed by atoms with Crippen LogP contribution in [0.25, 0.3) is 0 Å². The van der Waals surface area contributed by atoms with Crippen LogP contribution in [0.3, 0.4) is 0 Å². The minimum atomic E-state index is -4.64. The summed E-state index contributed by atoms with van der Waals surface area (Å²) in [6, 6.07) is -1.49. The molecule has 0 aliphatic carbocycles. The molecular weight excluding hydrogens is 717 g/mol. The predicted octanol–water partition coefficient (Wildman–Crippen LogP) is 11.0. The number of carbonyl (C=O) groups excluding carboxylic acids is 1. The molecule has 0 aromatic carbocycles. The quantitative estimate of drug-likeness (QED) is 0.0240. The van der Waals surface area contributed by atoms with Crippen molar-refractivity contribution in [3.63, 3.8) is 0 Å². The second-order valence-electron chi connectivity index (χ2n) is 13.0. The van der Waals surface area contributed by atoms with Gasteiger partial charge in [-0.2, -0.15) is 0 Å². The molecule has 0 rings (SSSR count). The second kappa shape index (κ2) is 39.1. The van der Waals surface area contributed by atoms with E-state index in [0.29, 0.717) is 19.4 Å². The summed E-state index contributed by atoms with van der Waals surface area (Å²) < 4.78 is 33.2. The number of unbranched alkanes of at least 4 members (excludes halogenated alkanes) is 7. The minimum absolute atomic E-state index is 0.0217. The molecule has 312 valence electrons. The standard InChI is InChI=1S/C44H72NO9P/c1-3-5-7-9-11-13-15-17-19-21-22-24-26-28-30-32-34-36-43(46)54-41(39-52-55(49,50)53-40-42(45)44(47)48)38-51-37-35-33-31-29-27-25-23-20-18-16-14-12-10-8-6-4-2/h5-8,11-14,17-20,22,24,28,30,41-42H,3-4,9-10,15-16,21,23,25-27,29,31-40,45H2,1-2H3,(H,47,48)(H,49,50)/b7-5-,8-6-,13-11-,14-12-,19-17-,20-18-,24-22-,30-28-. The molecule has 0 heterocycles. The molecule has 3 atom stereocenters. The highest BCUT2D eigenvalue weighted by Crippen LogP contribution is 2.43. The van der Waals surface area contributed by atoms with Crippen molar-refractivity contribution in [1.82, 2.24) is 0 Å². The van der Waals surface area contributed by atoms with Crippen molar-refractivity contribution < 1.29 is 42.7 Å². The van der Waals surface area contributed by atoms with Crippen LogP contribution in [-0.4, -0.2) is 60.5 Å². The smallest absolute Gasteiger partial charge is 0.472 e. The molecule has 0 saturated carbocycles. The molecule has 0 saturated heterocycles. The minimum Gasteiger partial charge on any atom is -0.480 e. The van der Waals surface area contributed by atoms with Gasteiger partial charge in [0.25, 0.3) is 0 Å². The zero-order valence-corrected chi connectivity index (χ0v) is 34.6. The lowest BCUT2D eigenvalue weighted by Crippen LogP contribution is -2.34. The number of phosphoric acid groups is 1. The van der Waals surface area contributed by atoms with Crippen LogP contribution in [0.5, 0.6) is 0 Å². The van der Waals surface area contributed by atoms with Crippen molar-refractivity contribution in [2.24, 2.45) is 5.73 Å². The van der Waals surface area contributed by atoms with Gasteiger partial charge in [0.2, 0.25) is 0 Å². The molecule has 0 fully saturated rings. The van der Waals surface area contributed by atoms with E-state index in [-0.39, 0.29) is 13.0 Å². The largest absolute Gasteiger partial charge is 0.480 e. The zero-order valence-electron chi connectivity index (χ0n) is 33.7. The molecule has 0 aromatic rings. The van der Waals surface area contributed by atoms with E-state index < -0.39 is 45.1 Å². The molecule has 10 nitrogen and oxygen atoms in total. The van der Waals surface area contributed by atoms with Gasteiger partial charge in [-0.3, -0.25) is 18.6 Å². The van der Waals surface area contributed by atoms with Gasteiger partial charge in [0.1, 0.15) is 12.1 Å². The van der Waals surface area contributed by atoms with Gasteiger partial charge < -0.3 is 25.2 Å². The van der Waals surface area contributed by atoms with Crippen molar-refractivity contribution in [2.75, 3.05) is 26.4 Å². The highest BCUT2D eigenvalue weighted by Gasteiger charge is 2.27. The van der Waals surface area contributed by atoms with E-state index in [1.54, 1.807) is 0 Å². The number of esters is 1. The Kier molecular flexibility index (Phi) is 36.9. The SMILES string of the molecule is CC/C=C\C/C=C\C/C=C\C/C=C\C/C=C\CCCC(=O)OC(COCCCCCCCC/C=C\C/C=C\C/C=C\CC)COP(=O)(O)OCC(N)C(=O)O. The van der Waals surface area contributed by atoms with Crippen LogP contribution >= 0.6 is 7.82 Å². The lowest BCUT2D eigenvalue weighted by atomic mass is 10.1. The van der Waals surface area contributed by atoms with E-state index in [9.17, 15) is 19.0 Å². The number of rotatable bonds is 37. The van der Waals surface area contributed by atoms with Gasteiger partial charge in [-0.15, -0.1) is 0 Å². The summed E-state index contributed by atoms with van der Waals surface area (Å²) in [7, 11) is -4.64. The summed E-state index contributed by atoms with van der Waals surface area (Å²) >= 11 is 0. The number of nitrogens with two attached hydrogens (primary N) is 1. The molecule has 0 bridgehead atoms. The lowest BCUT2D eigenvalue weighted by Gasteiger charge is -2.20. The molecular formula is C44H72NO9P. The summed E-state index contributed by atoms with van der Waals surface area (Å²) in [5.41, 5.74) is 5.34. The summed E-state index contributed by atoms with van der Waals surface area (Å²) in [4.78, 5) is 33.5. The van der Waals surface area contributed by atoms with Gasteiger partial charge in [0.05, 0.1) is 19.8 Å². The van der Waals surface area contributed by atoms with Crippen LogP contribution in [0.4, 0.5) is 0 Å². The van der Waals surface area contributed by atoms with E-state index >= 15 is 0 Å². The first-order chi connectivity index (χ1) is 26.7. The number of hydrogen-bond acceptors (Lipinski definition) is 8. The number of carboxylic acid groups (broad SMARTS) is 1. The third-order valence-corrected chi connectivity index (χ3v) is 8.81. The topological polar surface area (TPSA) is 155 Å². The van der Waals surface area contributed by atoms with Crippen LogP contribution in [0.1, 0.15) is 129 Å². The van der Waals surface area contributed by atoms with Gasteiger partial charge in [-0.1, -0.05) is 137 Å². The molecule has 0 radical (unpaired) electrons. The van der Waals surface area contributed by atoms with Gasteiger partial charge in [0, 0.05) is 13.0 Å². The first-order valence-electron chi connectivity index (χ1n) is 20.3. The predicted molar refractivity (Wildman–Crippen MR) is 226 cm³/mol. The highest BCUT2D eigenvalue weighted by molar-refractivity contribution is 7.47. The van der Waals surface area contributed by atoms with Crippen LogP contribution in [0, 0.1) is 0 Å². The fourth-order valence-electron chi connectivity index (χ4n) is 4.77. The molecule has 55 heavy (non-hydrogen) atoms. The fourth-order valence-corrected chi connectivity index (χ4v) is 5.55. The molecule has 11 heteroatoms. The number of hydrogen-bond donors (Lipinski definition) is 3. The highest BCUT2D eigenvalue weighted by atomic mass is 31.2.